The monoisotopic (exact) mass is 289 g/mol. The molecule has 1 unspecified atom stereocenters. The molecule has 18 heavy (non-hydrogen) atoms. The third-order valence-electron chi connectivity index (χ3n) is 3.16. The number of sulfonamides is 1. The summed E-state index contributed by atoms with van der Waals surface area (Å²) in [6.45, 7) is 3.43. The highest BCUT2D eigenvalue weighted by Crippen LogP contribution is 2.18. The summed E-state index contributed by atoms with van der Waals surface area (Å²) < 4.78 is 24.3. The number of hydrogen-bond donors (Lipinski definition) is 1. The molecule has 2 N–H and O–H groups in total. The average Bonchev–Trinajstić information content (AvgIpc) is 2.82. The number of nitrogens with zero attached hydrogens (tertiary/aromatic N) is 2. The van der Waals surface area contributed by atoms with Gasteiger partial charge in [-0.1, -0.05) is 6.07 Å². The van der Waals surface area contributed by atoms with Crippen LogP contribution in [0.5, 0.6) is 0 Å². The minimum absolute atomic E-state index is 0.0229. The van der Waals surface area contributed by atoms with E-state index in [2.05, 4.69) is 4.90 Å². The Bertz CT molecular complexity index is 464. The van der Waals surface area contributed by atoms with Gasteiger partial charge in [0.25, 0.3) is 0 Å². The molecule has 7 heteroatoms. The molecule has 102 valence electrons. The zero-order valence-electron chi connectivity index (χ0n) is 10.4. The highest BCUT2D eigenvalue weighted by atomic mass is 32.2. The largest absolute Gasteiger partial charge is 0.322 e. The number of thiophene rings is 1. The van der Waals surface area contributed by atoms with E-state index in [1.165, 1.54) is 15.4 Å². The molecule has 1 aromatic heterocycles. The smallest absolute Gasteiger partial charge is 0.211 e. The van der Waals surface area contributed by atoms with Crippen LogP contribution in [0.4, 0.5) is 0 Å². The van der Waals surface area contributed by atoms with E-state index >= 15 is 0 Å². The van der Waals surface area contributed by atoms with E-state index in [1.54, 1.807) is 11.3 Å². The molecule has 2 heterocycles. The Morgan fingerprint density at radius 2 is 2.06 bits per heavy atom. The molecule has 0 radical (unpaired) electrons. The van der Waals surface area contributed by atoms with E-state index in [9.17, 15) is 8.42 Å². The maximum absolute atomic E-state index is 11.4. The van der Waals surface area contributed by atoms with Gasteiger partial charge in [0.15, 0.2) is 0 Å². The first-order valence-corrected chi connectivity index (χ1v) is 8.66. The molecule has 1 aliphatic rings. The van der Waals surface area contributed by atoms with Crippen molar-refractivity contribution in [3.05, 3.63) is 22.4 Å². The Morgan fingerprint density at radius 1 is 1.39 bits per heavy atom. The quantitative estimate of drug-likeness (QED) is 0.867. The summed E-state index contributed by atoms with van der Waals surface area (Å²) in [5.74, 6) is 0. The molecular formula is C11H19N3O2S2. The molecule has 0 bridgehead atoms. The summed E-state index contributed by atoms with van der Waals surface area (Å²) in [4.78, 5) is 3.41. The van der Waals surface area contributed by atoms with Gasteiger partial charge in [-0.15, -0.1) is 11.3 Å². The first-order valence-electron chi connectivity index (χ1n) is 5.93. The lowest BCUT2D eigenvalue weighted by Crippen LogP contribution is -2.49. The SMILES string of the molecule is CS(=O)(=O)N1CCN(CC(N)c2cccs2)CC1. The molecule has 0 spiro atoms. The van der Waals surface area contributed by atoms with Gasteiger partial charge in [0.05, 0.1) is 12.3 Å². The second-order valence-electron chi connectivity index (χ2n) is 4.58. The summed E-state index contributed by atoms with van der Waals surface area (Å²) in [6.07, 6.45) is 1.26. The van der Waals surface area contributed by atoms with E-state index in [0.717, 1.165) is 19.6 Å². The first-order chi connectivity index (χ1) is 8.47. The molecular weight excluding hydrogens is 270 g/mol. The molecule has 2 rings (SSSR count). The van der Waals surface area contributed by atoms with Gasteiger partial charge in [0.2, 0.25) is 10.0 Å². The maximum atomic E-state index is 11.4. The standard InChI is InChI=1S/C11H19N3O2S2/c1-18(15,16)14-6-4-13(5-7-14)9-10(12)11-3-2-8-17-11/h2-3,8,10H,4-7,9,12H2,1H3. The van der Waals surface area contributed by atoms with E-state index in [0.29, 0.717) is 13.1 Å². The van der Waals surface area contributed by atoms with Crippen LogP contribution in [-0.2, 0) is 10.0 Å². The summed E-state index contributed by atoms with van der Waals surface area (Å²) in [5, 5.41) is 2.02. The van der Waals surface area contributed by atoms with Crippen molar-refractivity contribution in [2.45, 2.75) is 6.04 Å². The molecule has 0 amide bonds. The van der Waals surface area contributed by atoms with Crippen LogP contribution in [0.25, 0.3) is 0 Å². The van der Waals surface area contributed by atoms with Crippen molar-refractivity contribution >= 4 is 21.4 Å². The highest BCUT2D eigenvalue weighted by molar-refractivity contribution is 7.88. The Hall–Kier alpha value is -0.470. The van der Waals surface area contributed by atoms with E-state index in [1.807, 2.05) is 17.5 Å². The summed E-state index contributed by atoms with van der Waals surface area (Å²) in [6, 6.07) is 4.07. The second-order valence-corrected chi connectivity index (χ2v) is 7.55. The van der Waals surface area contributed by atoms with Crippen LogP contribution in [0.1, 0.15) is 10.9 Å². The van der Waals surface area contributed by atoms with Crippen molar-refractivity contribution in [3.8, 4) is 0 Å². The van der Waals surface area contributed by atoms with Crippen LogP contribution in [0.2, 0.25) is 0 Å². The van der Waals surface area contributed by atoms with Gasteiger partial charge in [0, 0.05) is 37.6 Å². The lowest BCUT2D eigenvalue weighted by Gasteiger charge is -2.34. The maximum Gasteiger partial charge on any atom is 0.211 e. The minimum atomic E-state index is -3.04. The van der Waals surface area contributed by atoms with Gasteiger partial charge in [-0.25, -0.2) is 8.42 Å². The van der Waals surface area contributed by atoms with Crippen LogP contribution in [0.3, 0.4) is 0 Å². The molecule has 1 atom stereocenters. The lowest BCUT2D eigenvalue weighted by molar-refractivity contribution is 0.180. The van der Waals surface area contributed by atoms with Crippen molar-refractivity contribution in [2.24, 2.45) is 5.73 Å². The molecule has 5 nitrogen and oxygen atoms in total. The van der Waals surface area contributed by atoms with Gasteiger partial charge < -0.3 is 5.73 Å². The molecule has 0 aliphatic carbocycles. The fourth-order valence-corrected chi connectivity index (χ4v) is 3.66. The summed E-state index contributed by atoms with van der Waals surface area (Å²) in [7, 11) is -3.04. The minimum Gasteiger partial charge on any atom is -0.322 e. The number of hydrogen-bond acceptors (Lipinski definition) is 5. The summed E-state index contributed by atoms with van der Waals surface area (Å²) in [5.41, 5.74) is 6.13. The fraction of sp³-hybridized carbons (Fsp3) is 0.636. The van der Waals surface area contributed by atoms with Crippen LogP contribution in [0, 0.1) is 0 Å². The fourth-order valence-electron chi connectivity index (χ4n) is 2.11. The third kappa shape index (κ3) is 3.52. The van der Waals surface area contributed by atoms with Crippen molar-refractivity contribution in [1.29, 1.82) is 0 Å². The predicted octanol–water partition coefficient (Wildman–Crippen LogP) is 0.325. The Morgan fingerprint density at radius 3 is 2.56 bits per heavy atom. The van der Waals surface area contributed by atoms with Crippen molar-refractivity contribution < 1.29 is 8.42 Å². The zero-order chi connectivity index (χ0) is 13.2. The molecule has 0 aromatic carbocycles. The number of piperazine rings is 1. The van der Waals surface area contributed by atoms with Crippen LogP contribution in [0.15, 0.2) is 17.5 Å². The molecule has 0 saturated carbocycles. The Labute approximate surface area is 112 Å². The van der Waals surface area contributed by atoms with E-state index in [-0.39, 0.29) is 6.04 Å². The lowest BCUT2D eigenvalue weighted by atomic mass is 10.2. The third-order valence-corrected chi connectivity index (χ3v) is 5.47. The Kier molecular flexibility index (Phi) is 4.39. The van der Waals surface area contributed by atoms with E-state index < -0.39 is 10.0 Å². The van der Waals surface area contributed by atoms with Gasteiger partial charge in [-0.3, -0.25) is 4.90 Å². The Balaban J connectivity index is 1.84. The zero-order valence-corrected chi connectivity index (χ0v) is 12.1. The van der Waals surface area contributed by atoms with Gasteiger partial charge >= 0.3 is 0 Å². The molecule has 1 aromatic rings. The highest BCUT2D eigenvalue weighted by Gasteiger charge is 2.24. The van der Waals surface area contributed by atoms with E-state index in [4.69, 9.17) is 5.73 Å². The average molecular weight is 289 g/mol. The molecule has 1 fully saturated rings. The van der Waals surface area contributed by atoms with Crippen LogP contribution >= 0.6 is 11.3 Å². The first kappa shape index (κ1) is 14.0. The van der Waals surface area contributed by atoms with Crippen LogP contribution < -0.4 is 5.73 Å². The normalized spacial score (nSPS) is 21.0. The van der Waals surface area contributed by atoms with Crippen molar-refractivity contribution in [3.63, 3.8) is 0 Å². The van der Waals surface area contributed by atoms with Gasteiger partial charge in [0.1, 0.15) is 0 Å². The van der Waals surface area contributed by atoms with Crippen molar-refractivity contribution in [2.75, 3.05) is 39.0 Å². The second kappa shape index (κ2) is 5.66. The molecule has 1 saturated heterocycles. The van der Waals surface area contributed by atoms with Crippen LogP contribution in [-0.4, -0.2) is 56.6 Å². The van der Waals surface area contributed by atoms with Gasteiger partial charge in [-0.2, -0.15) is 4.31 Å². The van der Waals surface area contributed by atoms with Crippen molar-refractivity contribution in [1.82, 2.24) is 9.21 Å². The van der Waals surface area contributed by atoms with Gasteiger partial charge in [-0.05, 0) is 11.4 Å². The predicted molar refractivity (Wildman–Crippen MR) is 74.1 cm³/mol. The number of rotatable bonds is 4. The number of nitrogens with two attached hydrogens (primary N) is 1. The topological polar surface area (TPSA) is 66.6 Å². The molecule has 1 aliphatic heterocycles. The summed E-state index contributed by atoms with van der Waals surface area (Å²) >= 11 is 1.67.